The summed E-state index contributed by atoms with van der Waals surface area (Å²) < 4.78 is 51.2. The summed E-state index contributed by atoms with van der Waals surface area (Å²) in [6, 6.07) is 3.94. The molecular formula is C19H24ClF4N3O. The fraction of sp³-hybridized carbons (Fsp3) is 0.632. The molecule has 1 N–H and O–H groups in total. The molecule has 2 atom stereocenters. The first-order chi connectivity index (χ1) is 13.1. The Morgan fingerprint density at radius 2 is 1.89 bits per heavy atom. The van der Waals surface area contributed by atoms with Crippen LogP contribution in [0.1, 0.15) is 26.2 Å². The number of hydrogen-bond acceptors (Lipinski definition) is 3. The lowest BCUT2D eigenvalue weighted by Gasteiger charge is -2.36. The van der Waals surface area contributed by atoms with Crippen LogP contribution in [0, 0.1) is 11.7 Å². The lowest BCUT2D eigenvalue weighted by atomic mass is 9.89. The molecule has 0 bridgehead atoms. The third-order valence-corrected chi connectivity index (χ3v) is 5.93. The minimum Gasteiger partial charge on any atom is -0.311 e. The molecule has 2 aliphatic heterocycles. The first-order valence-corrected chi connectivity index (χ1v) is 9.83. The molecule has 2 fully saturated rings. The Balaban J connectivity index is 1.52. The van der Waals surface area contributed by atoms with Gasteiger partial charge in [0, 0.05) is 18.3 Å². The molecule has 0 unspecified atom stereocenters. The molecule has 1 aromatic rings. The summed E-state index contributed by atoms with van der Waals surface area (Å²) in [6.45, 7) is 2.40. The zero-order valence-corrected chi connectivity index (χ0v) is 16.4. The summed E-state index contributed by atoms with van der Waals surface area (Å²) in [5, 5.41) is 3.35. The zero-order valence-electron chi connectivity index (χ0n) is 15.6. The number of nitrogens with zero attached hydrogens (tertiary/aromatic N) is 2. The molecule has 9 heteroatoms. The Morgan fingerprint density at radius 3 is 2.50 bits per heavy atom. The Bertz CT molecular complexity index is 707. The predicted molar refractivity (Wildman–Crippen MR) is 100.0 cm³/mol. The number of anilines is 1. The van der Waals surface area contributed by atoms with Gasteiger partial charge in [0.2, 0.25) is 5.91 Å². The molecule has 0 aromatic heterocycles. The lowest BCUT2D eigenvalue weighted by Crippen LogP contribution is -2.49. The number of halogens is 5. The minimum absolute atomic E-state index is 0.00978. The number of carbonyl (C=O) groups is 1. The monoisotopic (exact) mass is 421 g/mol. The molecule has 0 saturated carbocycles. The van der Waals surface area contributed by atoms with Crippen molar-refractivity contribution in [2.45, 2.75) is 44.4 Å². The standard InChI is InChI=1S/C19H24ClF4N3O/c1-12(13-4-7-26(8-5-13)11-19(22,23)24)25-17-6-9-27(18(17)28)14-2-3-15(20)16(21)10-14/h2-3,10,12-13,17,25H,4-9,11H2,1H3/t12-,17-/m0/s1. The molecule has 1 amide bonds. The SMILES string of the molecule is C[C@H](N[C@H]1CCN(c2ccc(Cl)c(F)c2)C1=O)C1CCN(CC(F)(F)F)CC1. The van der Waals surface area contributed by atoms with Crippen LogP contribution in [0.2, 0.25) is 5.02 Å². The van der Waals surface area contributed by atoms with Crippen LogP contribution in [0.3, 0.4) is 0 Å². The van der Waals surface area contributed by atoms with Gasteiger partial charge in [-0.1, -0.05) is 11.6 Å². The number of benzene rings is 1. The molecule has 0 radical (unpaired) electrons. The fourth-order valence-electron chi connectivity index (χ4n) is 4.06. The lowest BCUT2D eigenvalue weighted by molar-refractivity contribution is -0.148. The number of alkyl halides is 3. The molecule has 4 nitrogen and oxygen atoms in total. The first kappa shape index (κ1) is 21.3. The average Bonchev–Trinajstić information content (AvgIpc) is 2.97. The maximum atomic E-state index is 13.7. The summed E-state index contributed by atoms with van der Waals surface area (Å²) in [7, 11) is 0. The quantitative estimate of drug-likeness (QED) is 0.734. The van der Waals surface area contributed by atoms with Crippen molar-refractivity contribution in [2.75, 3.05) is 31.1 Å². The van der Waals surface area contributed by atoms with E-state index in [1.807, 2.05) is 6.92 Å². The number of amides is 1. The van der Waals surface area contributed by atoms with E-state index in [-0.39, 0.29) is 28.9 Å². The van der Waals surface area contributed by atoms with Crippen LogP contribution >= 0.6 is 11.6 Å². The molecule has 0 spiro atoms. The Labute approximate surface area is 166 Å². The maximum Gasteiger partial charge on any atom is 0.401 e. The van der Waals surface area contributed by atoms with Crippen LogP contribution in [0.4, 0.5) is 23.2 Å². The molecule has 2 saturated heterocycles. The van der Waals surface area contributed by atoms with Crippen LogP contribution < -0.4 is 10.2 Å². The van der Waals surface area contributed by atoms with Gasteiger partial charge in [0.1, 0.15) is 5.82 Å². The summed E-state index contributed by atoms with van der Waals surface area (Å²) in [5.74, 6) is -0.468. The van der Waals surface area contributed by atoms with Crippen molar-refractivity contribution in [2.24, 2.45) is 5.92 Å². The van der Waals surface area contributed by atoms with E-state index >= 15 is 0 Å². The fourth-order valence-corrected chi connectivity index (χ4v) is 4.18. The molecule has 0 aliphatic carbocycles. The second-order valence-electron chi connectivity index (χ2n) is 7.61. The van der Waals surface area contributed by atoms with Crippen LogP contribution in [-0.4, -0.2) is 55.2 Å². The van der Waals surface area contributed by atoms with Crippen molar-refractivity contribution >= 4 is 23.2 Å². The van der Waals surface area contributed by atoms with E-state index in [0.29, 0.717) is 44.6 Å². The van der Waals surface area contributed by atoms with Crippen molar-refractivity contribution in [3.05, 3.63) is 29.0 Å². The molecule has 2 heterocycles. The van der Waals surface area contributed by atoms with Crippen LogP contribution in [-0.2, 0) is 4.79 Å². The van der Waals surface area contributed by atoms with E-state index in [0.717, 1.165) is 0 Å². The minimum atomic E-state index is -4.17. The summed E-state index contributed by atoms with van der Waals surface area (Å²) >= 11 is 5.70. The van der Waals surface area contributed by atoms with E-state index in [2.05, 4.69) is 5.32 Å². The average molecular weight is 422 g/mol. The van der Waals surface area contributed by atoms with Gasteiger partial charge in [-0.25, -0.2) is 4.39 Å². The predicted octanol–water partition coefficient (Wildman–Crippen LogP) is 3.84. The van der Waals surface area contributed by atoms with Gasteiger partial charge in [-0.2, -0.15) is 13.2 Å². The topological polar surface area (TPSA) is 35.6 Å². The molecular weight excluding hydrogens is 398 g/mol. The van der Waals surface area contributed by atoms with Crippen LogP contribution in [0.25, 0.3) is 0 Å². The van der Waals surface area contributed by atoms with Gasteiger partial charge in [-0.05, 0) is 63.4 Å². The highest BCUT2D eigenvalue weighted by Crippen LogP contribution is 2.28. The highest BCUT2D eigenvalue weighted by molar-refractivity contribution is 6.30. The van der Waals surface area contributed by atoms with Gasteiger partial charge < -0.3 is 10.2 Å². The van der Waals surface area contributed by atoms with E-state index in [1.54, 1.807) is 6.07 Å². The van der Waals surface area contributed by atoms with Gasteiger partial charge in [-0.3, -0.25) is 9.69 Å². The number of nitrogens with one attached hydrogen (secondary N) is 1. The van der Waals surface area contributed by atoms with Gasteiger partial charge >= 0.3 is 6.18 Å². The third-order valence-electron chi connectivity index (χ3n) is 5.63. The second kappa shape index (κ2) is 8.55. The van der Waals surface area contributed by atoms with Crippen molar-refractivity contribution in [3.63, 3.8) is 0 Å². The Morgan fingerprint density at radius 1 is 1.21 bits per heavy atom. The number of piperidine rings is 1. The van der Waals surface area contributed by atoms with Gasteiger partial charge in [0.15, 0.2) is 0 Å². The molecule has 28 heavy (non-hydrogen) atoms. The highest BCUT2D eigenvalue weighted by atomic mass is 35.5. The van der Waals surface area contributed by atoms with E-state index < -0.39 is 18.5 Å². The number of carbonyl (C=O) groups excluding carboxylic acids is 1. The van der Waals surface area contributed by atoms with Gasteiger partial charge in [-0.15, -0.1) is 0 Å². The number of rotatable bonds is 5. The first-order valence-electron chi connectivity index (χ1n) is 9.45. The number of likely N-dealkylation sites (tertiary alicyclic amines) is 1. The van der Waals surface area contributed by atoms with Crippen molar-refractivity contribution < 1.29 is 22.4 Å². The molecule has 3 rings (SSSR count). The summed E-state index contributed by atoms with van der Waals surface area (Å²) in [4.78, 5) is 15.7. The van der Waals surface area contributed by atoms with E-state index in [9.17, 15) is 22.4 Å². The maximum absolute atomic E-state index is 13.7. The Hall–Kier alpha value is -1.38. The normalized spacial score (nSPS) is 23.4. The van der Waals surface area contributed by atoms with E-state index in [1.165, 1.54) is 21.9 Å². The largest absolute Gasteiger partial charge is 0.401 e. The van der Waals surface area contributed by atoms with Crippen molar-refractivity contribution in [1.82, 2.24) is 10.2 Å². The Kier molecular flexibility index (Phi) is 6.51. The zero-order chi connectivity index (χ0) is 20.5. The second-order valence-corrected chi connectivity index (χ2v) is 8.02. The highest BCUT2D eigenvalue weighted by Gasteiger charge is 2.37. The van der Waals surface area contributed by atoms with Crippen molar-refractivity contribution in [1.29, 1.82) is 0 Å². The molecule has 1 aromatic carbocycles. The van der Waals surface area contributed by atoms with Crippen LogP contribution in [0.15, 0.2) is 18.2 Å². The molecule has 2 aliphatic rings. The third kappa shape index (κ3) is 5.15. The van der Waals surface area contributed by atoms with Crippen molar-refractivity contribution in [3.8, 4) is 0 Å². The molecule has 156 valence electrons. The van der Waals surface area contributed by atoms with E-state index in [4.69, 9.17) is 11.6 Å². The van der Waals surface area contributed by atoms with Crippen LogP contribution in [0.5, 0.6) is 0 Å². The summed E-state index contributed by atoms with van der Waals surface area (Å²) in [6.07, 6.45) is -2.24. The smallest absolute Gasteiger partial charge is 0.311 e. The van der Waals surface area contributed by atoms with Gasteiger partial charge in [0.25, 0.3) is 0 Å². The number of hydrogen-bond donors (Lipinski definition) is 1. The summed E-state index contributed by atoms with van der Waals surface area (Å²) in [5.41, 5.74) is 0.476. The van der Waals surface area contributed by atoms with Gasteiger partial charge in [0.05, 0.1) is 17.6 Å².